The van der Waals surface area contributed by atoms with E-state index in [0.717, 1.165) is 19.3 Å². The van der Waals surface area contributed by atoms with Crippen molar-refractivity contribution in [1.82, 2.24) is 5.32 Å². The second-order valence-corrected chi connectivity index (χ2v) is 9.44. The quantitative estimate of drug-likeness (QED) is 0.205. The van der Waals surface area contributed by atoms with Crippen LogP contribution >= 0.6 is 11.6 Å². The molecule has 1 N–H and O–H groups in total. The van der Waals surface area contributed by atoms with Gasteiger partial charge in [0.15, 0.2) is 11.3 Å². The molecule has 0 aromatic carbocycles. The number of alkyl carbamates (subject to hydrolysis) is 1. The first kappa shape index (κ1) is 30.8. The summed E-state index contributed by atoms with van der Waals surface area (Å²) in [5.74, 6) is -0.0449. The summed E-state index contributed by atoms with van der Waals surface area (Å²) >= 11 is 5.84. The minimum Gasteiger partial charge on any atom is -0.748 e. The minimum atomic E-state index is -4.29. The van der Waals surface area contributed by atoms with Gasteiger partial charge in [0.1, 0.15) is 5.76 Å². The van der Waals surface area contributed by atoms with Crippen LogP contribution in [0, 0.1) is 0 Å². The number of rotatable bonds is 17. The normalized spacial score (nSPS) is 12.2. The van der Waals surface area contributed by atoms with Crippen molar-refractivity contribution in [3.8, 4) is 0 Å². The van der Waals surface area contributed by atoms with Gasteiger partial charge >= 0.3 is 35.7 Å². The predicted molar refractivity (Wildman–Crippen MR) is 117 cm³/mol. The predicted octanol–water partition coefficient (Wildman–Crippen LogP) is 2.95. The second-order valence-electron chi connectivity index (χ2n) is 7.55. The maximum atomic E-state index is 12.0. The zero-order chi connectivity index (χ0) is 22.2. The van der Waals surface area contributed by atoms with Gasteiger partial charge in [0.2, 0.25) is 0 Å². The summed E-state index contributed by atoms with van der Waals surface area (Å²) in [6, 6.07) is 3.28. The number of hydrogen-bond acceptors (Lipinski definition) is 6. The molecular weight excluding hydrogens is 453 g/mol. The number of amides is 1. The van der Waals surface area contributed by atoms with Crippen LogP contribution in [0.5, 0.6) is 0 Å². The van der Waals surface area contributed by atoms with Gasteiger partial charge in [-0.3, -0.25) is 0 Å². The molecule has 10 heteroatoms. The van der Waals surface area contributed by atoms with Crippen molar-refractivity contribution < 1.29 is 56.5 Å². The average molecular weight is 488 g/mol. The first-order valence-corrected chi connectivity index (χ1v) is 12.9. The number of ether oxygens (including phenoxy) is 1. The van der Waals surface area contributed by atoms with Crippen molar-refractivity contribution in [2.45, 2.75) is 90.1 Å². The number of nitrogens with one attached hydrogen (secondary N) is 1. The number of halogens is 1. The van der Waals surface area contributed by atoms with Crippen LogP contribution in [0.2, 0.25) is 5.22 Å². The fourth-order valence-corrected chi connectivity index (χ4v) is 3.84. The standard InChI is InChI=1S/C21H36ClNO6S.Na/c1-2-3-4-5-6-7-8-9-10-11-13-18(19-14-15-20(22)28-19)29-21(24)23-16-12-17-30(25,26)27;/h14-15,18H,2-13,16-17H2,1H3,(H,23,24)(H,25,26,27);/q;+1/p-1. The van der Waals surface area contributed by atoms with Crippen LogP contribution in [-0.4, -0.2) is 31.4 Å². The molecule has 0 spiro atoms. The van der Waals surface area contributed by atoms with Crippen molar-refractivity contribution in [1.29, 1.82) is 0 Å². The Balaban J connectivity index is 0.00000900. The van der Waals surface area contributed by atoms with Gasteiger partial charge in [-0.15, -0.1) is 0 Å². The van der Waals surface area contributed by atoms with Crippen molar-refractivity contribution in [2.75, 3.05) is 12.3 Å². The zero-order valence-corrected chi connectivity index (χ0v) is 22.4. The summed E-state index contributed by atoms with van der Waals surface area (Å²) in [7, 11) is -4.29. The van der Waals surface area contributed by atoms with Crippen LogP contribution in [-0.2, 0) is 14.9 Å². The van der Waals surface area contributed by atoms with Gasteiger partial charge in [0.05, 0.1) is 10.1 Å². The van der Waals surface area contributed by atoms with E-state index in [1.165, 1.54) is 44.9 Å². The van der Waals surface area contributed by atoms with Crippen LogP contribution in [0.3, 0.4) is 0 Å². The van der Waals surface area contributed by atoms with E-state index in [2.05, 4.69) is 12.2 Å². The minimum absolute atomic E-state index is 0. The summed E-state index contributed by atoms with van der Waals surface area (Å²) in [5.41, 5.74) is 0. The Morgan fingerprint density at radius 3 is 2.16 bits per heavy atom. The molecule has 0 aliphatic carbocycles. The van der Waals surface area contributed by atoms with E-state index in [4.69, 9.17) is 20.8 Å². The monoisotopic (exact) mass is 487 g/mol. The Kier molecular flexibility index (Phi) is 18.1. The van der Waals surface area contributed by atoms with E-state index in [-0.39, 0.29) is 47.7 Å². The molecule has 1 rings (SSSR count). The third-order valence-corrected chi connectivity index (χ3v) is 5.81. The SMILES string of the molecule is CCCCCCCCCCCCC(OC(=O)NCCCS(=O)(=O)[O-])c1ccc(Cl)o1.[Na+]. The van der Waals surface area contributed by atoms with E-state index >= 15 is 0 Å². The molecule has 0 fully saturated rings. The second kappa shape index (κ2) is 18.2. The largest absolute Gasteiger partial charge is 1.00 e. The number of carbonyl (C=O) groups excluding carboxylic acids is 1. The van der Waals surface area contributed by atoms with E-state index in [0.29, 0.717) is 12.2 Å². The molecule has 1 aromatic heterocycles. The molecule has 0 saturated carbocycles. The van der Waals surface area contributed by atoms with Gasteiger partial charge in [-0.2, -0.15) is 0 Å². The van der Waals surface area contributed by atoms with Crippen molar-refractivity contribution >= 4 is 27.8 Å². The molecule has 0 saturated heterocycles. The van der Waals surface area contributed by atoms with Crippen molar-refractivity contribution in [3.05, 3.63) is 23.1 Å². The summed E-state index contributed by atoms with van der Waals surface area (Å²) in [6.07, 6.45) is 11.5. The van der Waals surface area contributed by atoms with E-state index in [1.54, 1.807) is 12.1 Å². The summed E-state index contributed by atoms with van der Waals surface area (Å²) < 4.78 is 42.6. The Morgan fingerprint density at radius 1 is 1.06 bits per heavy atom. The topological polar surface area (TPSA) is 109 Å². The van der Waals surface area contributed by atoms with Crippen LogP contribution < -0.4 is 34.9 Å². The number of carbonyl (C=O) groups is 1. The molecule has 0 aliphatic rings. The fraction of sp³-hybridized carbons (Fsp3) is 0.762. The third-order valence-electron chi connectivity index (χ3n) is 4.82. The summed E-state index contributed by atoms with van der Waals surface area (Å²) in [5, 5.41) is 2.69. The van der Waals surface area contributed by atoms with Crippen LogP contribution in [0.1, 0.15) is 95.8 Å². The molecule has 1 heterocycles. The molecule has 0 aliphatic heterocycles. The van der Waals surface area contributed by atoms with Crippen LogP contribution in [0.4, 0.5) is 4.79 Å². The number of furan rings is 1. The van der Waals surface area contributed by atoms with Gasteiger partial charge in [-0.05, 0) is 43.0 Å². The first-order valence-electron chi connectivity index (χ1n) is 10.9. The van der Waals surface area contributed by atoms with E-state index in [9.17, 15) is 17.8 Å². The van der Waals surface area contributed by atoms with Crippen molar-refractivity contribution in [3.63, 3.8) is 0 Å². The maximum absolute atomic E-state index is 12.0. The summed E-state index contributed by atoms with van der Waals surface area (Å²) in [4.78, 5) is 12.0. The van der Waals surface area contributed by atoms with E-state index in [1.807, 2.05) is 0 Å². The smallest absolute Gasteiger partial charge is 0.748 e. The molecule has 1 unspecified atom stereocenters. The Labute approximate surface area is 214 Å². The fourth-order valence-electron chi connectivity index (χ4n) is 3.19. The summed E-state index contributed by atoms with van der Waals surface area (Å²) in [6.45, 7) is 2.27. The van der Waals surface area contributed by atoms with Gasteiger partial charge in [0, 0.05) is 12.3 Å². The molecule has 174 valence electrons. The van der Waals surface area contributed by atoms with Gasteiger partial charge in [-0.25, -0.2) is 13.2 Å². The Hall–Kier alpha value is -0.250. The first-order chi connectivity index (χ1) is 14.3. The molecule has 1 amide bonds. The van der Waals surface area contributed by atoms with E-state index < -0.39 is 28.1 Å². The van der Waals surface area contributed by atoms with Gasteiger partial charge in [0.25, 0.3) is 0 Å². The molecule has 0 radical (unpaired) electrons. The van der Waals surface area contributed by atoms with Gasteiger partial charge in [-0.1, -0.05) is 64.7 Å². The van der Waals surface area contributed by atoms with Gasteiger partial charge < -0.3 is 19.0 Å². The molecule has 0 bridgehead atoms. The molecule has 1 aromatic rings. The molecule has 7 nitrogen and oxygen atoms in total. The maximum Gasteiger partial charge on any atom is 1.00 e. The molecule has 1 atom stereocenters. The molecule has 31 heavy (non-hydrogen) atoms. The molecular formula is C21H35ClNNaO6S. The Morgan fingerprint density at radius 2 is 1.65 bits per heavy atom. The third kappa shape index (κ3) is 17.0. The van der Waals surface area contributed by atoms with Crippen LogP contribution in [0.25, 0.3) is 0 Å². The number of hydrogen-bond donors (Lipinski definition) is 1. The number of unbranched alkanes of at least 4 members (excludes halogenated alkanes) is 9. The zero-order valence-electron chi connectivity index (χ0n) is 18.9. The van der Waals surface area contributed by atoms with Crippen LogP contribution in [0.15, 0.2) is 16.5 Å². The van der Waals surface area contributed by atoms with Crippen molar-refractivity contribution in [2.24, 2.45) is 0 Å². The average Bonchev–Trinajstić information content (AvgIpc) is 3.11. The Bertz CT molecular complexity index is 698.